The number of azide groups is 1. The Kier molecular flexibility index (Phi) is 15.2. The molecule has 6 rings (SSSR count). The molecule has 4 aliphatic carbocycles. The number of carbonyl (C=O) groups is 3. The Hall–Kier alpha value is -1.88. The molecule has 11 atom stereocenters. The van der Waals surface area contributed by atoms with E-state index in [1.807, 2.05) is 0 Å². The van der Waals surface area contributed by atoms with Crippen molar-refractivity contribution in [2.45, 2.75) is 96.8 Å². The molecule has 4 saturated carbocycles. The molecule has 56 heavy (non-hydrogen) atoms. The Balaban J connectivity index is 1.27. The maximum absolute atomic E-state index is 13.9. The molecule has 17 heteroatoms. The van der Waals surface area contributed by atoms with Gasteiger partial charge in [0.25, 0.3) is 0 Å². The SMILES string of the molecule is COC(=O)CC[C@@H](C)[C@H]1CC[C@H]2[C@@H]3[C@H](OC(=O)CSC(=S)N4CCOCC4)CC4C[C@H](N=[N+]=[N-])CC[C@]4(C)[C@H]3C[C@H](OC(=O)CSC(=S)N3CCOCC3)[C@]12C. The van der Waals surface area contributed by atoms with E-state index >= 15 is 0 Å². The Morgan fingerprint density at radius 3 is 2.07 bits per heavy atom. The first-order chi connectivity index (χ1) is 26.9. The summed E-state index contributed by atoms with van der Waals surface area (Å²) in [4.78, 5) is 47.3. The van der Waals surface area contributed by atoms with Gasteiger partial charge >= 0.3 is 17.9 Å². The summed E-state index contributed by atoms with van der Waals surface area (Å²) in [7, 11) is 1.42. The molecule has 0 aromatic rings. The van der Waals surface area contributed by atoms with Crippen molar-refractivity contribution in [1.29, 1.82) is 0 Å². The highest BCUT2D eigenvalue weighted by molar-refractivity contribution is 8.23. The quantitative estimate of drug-likeness (QED) is 0.0544. The van der Waals surface area contributed by atoms with E-state index in [-0.39, 0.29) is 88.6 Å². The van der Waals surface area contributed by atoms with Gasteiger partial charge in [-0.1, -0.05) is 73.8 Å². The molecule has 0 N–H and O–H groups in total. The normalized spacial score (nSPS) is 35.8. The fraction of sp³-hybridized carbons (Fsp3) is 0.872. The molecule has 0 aromatic heterocycles. The summed E-state index contributed by atoms with van der Waals surface area (Å²) in [5.41, 5.74) is 8.83. The molecule has 312 valence electrons. The van der Waals surface area contributed by atoms with Crippen molar-refractivity contribution in [1.82, 2.24) is 9.80 Å². The third-order valence-electron chi connectivity index (χ3n) is 14.4. The van der Waals surface area contributed by atoms with Crippen LogP contribution in [-0.4, -0.2) is 126 Å². The van der Waals surface area contributed by atoms with Crippen LogP contribution in [-0.2, 0) is 38.1 Å². The molecule has 6 fully saturated rings. The number of ether oxygens (including phenoxy) is 5. The third-order valence-corrected chi connectivity index (χ3v) is 17.4. The van der Waals surface area contributed by atoms with Crippen LogP contribution in [0.25, 0.3) is 10.4 Å². The fourth-order valence-corrected chi connectivity index (χ4v) is 13.6. The van der Waals surface area contributed by atoms with E-state index in [2.05, 4.69) is 40.6 Å². The van der Waals surface area contributed by atoms with Gasteiger partial charge in [0.2, 0.25) is 0 Å². The van der Waals surface area contributed by atoms with Gasteiger partial charge in [-0.2, -0.15) is 0 Å². The van der Waals surface area contributed by atoms with Crippen LogP contribution in [0.15, 0.2) is 5.11 Å². The van der Waals surface area contributed by atoms with Gasteiger partial charge in [0.05, 0.1) is 45.0 Å². The lowest BCUT2D eigenvalue weighted by Crippen LogP contribution is -2.63. The first-order valence-corrected chi connectivity index (χ1v) is 23.2. The third kappa shape index (κ3) is 9.60. The van der Waals surface area contributed by atoms with Crippen LogP contribution >= 0.6 is 48.0 Å². The molecular weight excluding hydrogens is 795 g/mol. The lowest BCUT2D eigenvalue weighted by Gasteiger charge is -2.64. The molecule has 0 radical (unpaired) electrons. The Morgan fingerprint density at radius 1 is 0.875 bits per heavy atom. The van der Waals surface area contributed by atoms with Gasteiger partial charge in [-0.15, -0.1) is 0 Å². The molecule has 0 aromatic carbocycles. The summed E-state index contributed by atoms with van der Waals surface area (Å²) < 4.78 is 30.6. The lowest BCUT2D eigenvalue weighted by molar-refractivity contribution is -0.220. The number of esters is 3. The van der Waals surface area contributed by atoms with Crippen LogP contribution in [0.4, 0.5) is 0 Å². The number of hydrogen-bond acceptors (Lipinski definition) is 13. The van der Waals surface area contributed by atoms with Crippen molar-refractivity contribution >= 4 is 74.5 Å². The zero-order chi connectivity index (χ0) is 40.0. The number of rotatable bonds is 11. The van der Waals surface area contributed by atoms with Crippen molar-refractivity contribution in [3.63, 3.8) is 0 Å². The number of nitrogens with zero attached hydrogens (tertiary/aromatic N) is 5. The Morgan fingerprint density at radius 2 is 1.48 bits per heavy atom. The minimum absolute atomic E-state index is 0.0634. The minimum atomic E-state index is -0.412. The van der Waals surface area contributed by atoms with Gasteiger partial charge in [-0.3, -0.25) is 14.4 Å². The summed E-state index contributed by atoms with van der Waals surface area (Å²) in [5.74, 6) is 0.324. The Bertz CT molecular complexity index is 1510. The van der Waals surface area contributed by atoms with Gasteiger partial charge in [0, 0.05) is 54.9 Å². The molecular formula is C39H59N5O8S4. The van der Waals surface area contributed by atoms with Gasteiger partial charge in [0.1, 0.15) is 20.8 Å². The Labute approximate surface area is 350 Å². The molecule has 2 saturated heterocycles. The maximum Gasteiger partial charge on any atom is 0.316 e. The average Bonchev–Trinajstić information content (AvgIpc) is 3.57. The summed E-state index contributed by atoms with van der Waals surface area (Å²) in [5, 5.41) is 4.16. The predicted molar refractivity (Wildman–Crippen MR) is 224 cm³/mol. The van der Waals surface area contributed by atoms with Crippen LogP contribution in [0, 0.1) is 46.3 Å². The van der Waals surface area contributed by atoms with Crippen LogP contribution in [0.5, 0.6) is 0 Å². The predicted octanol–water partition coefficient (Wildman–Crippen LogP) is 6.66. The minimum Gasteiger partial charge on any atom is -0.469 e. The molecule has 6 aliphatic rings. The largest absolute Gasteiger partial charge is 0.469 e. The number of morpholine rings is 2. The van der Waals surface area contributed by atoms with E-state index in [9.17, 15) is 19.9 Å². The van der Waals surface area contributed by atoms with Gasteiger partial charge in [-0.05, 0) is 91.9 Å². The maximum atomic E-state index is 13.9. The molecule has 1 unspecified atom stereocenters. The number of thioether (sulfide) groups is 2. The molecule has 0 amide bonds. The zero-order valence-electron chi connectivity index (χ0n) is 33.3. The van der Waals surface area contributed by atoms with Crippen molar-refractivity contribution in [3.8, 4) is 0 Å². The average molecular weight is 854 g/mol. The van der Waals surface area contributed by atoms with Crippen molar-refractivity contribution in [2.75, 3.05) is 71.2 Å². The number of thiocarbonyl (C=S) groups is 2. The summed E-state index contributed by atoms with van der Waals surface area (Å²) in [6.07, 6.45) is 5.95. The monoisotopic (exact) mass is 853 g/mol. The fourth-order valence-electron chi connectivity index (χ4n) is 11.5. The standard InChI is InChI=1S/C39H59N5O8S4/c1-24(5-8-32(45)48-4)27-6-7-28-35-29(21-31(39(27,28)3)52-34(47)23-56-37(54)44-13-17-50-18-14-44)38(2)10-9-26(41-42-40)19-25(38)20-30(35)51-33(46)22-55-36(53)43-11-15-49-16-12-43/h24-31,35H,5-23H2,1-4H3/t24-,25?,26-,27-,28+,29+,30-,31+,35+,38+,39-/m1/s1. The second-order valence-corrected chi connectivity index (χ2v) is 20.3. The van der Waals surface area contributed by atoms with Crippen molar-refractivity contribution in [2.24, 2.45) is 51.5 Å². The van der Waals surface area contributed by atoms with Crippen LogP contribution in [0.3, 0.4) is 0 Å². The number of methoxy groups -OCH3 is 1. The summed E-state index contributed by atoms with van der Waals surface area (Å²) in [6.45, 7) is 12.2. The summed E-state index contributed by atoms with van der Waals surface area (Å²) >= 11 is 14.1. The van der Waals surface area contributed by atoms with E-state index in [4.69, 9.17) is 48.1 Å². The van der Waals surface area contributed by atoms with Crippen LogP contribution in [0.2, 0.25) is 0 Å². The topological polar surface area (TPSA) is 153 Å². The first kappa shape index (κ1) is 43.7. The number of carbonyl (C=O) groups excluding carboxylic acids is 3. The smallest absolute Gasteiger partial charge is 0.316 e. The van der Waals surface area contributed by atoms with Gasteiger partial charge in [-0.25, -0.2) is 0 Å². The lowest BCUT2D eigenvalue weighted by atomic mass is 9.43. The van der Waals surface area contributed by atoms with Gasteiger partial charge in [0.15, 0.2) is 0 Å². The summed E-state index contributed by atoms with van der Waals surface area (Å²) in [6, 6.07) is -0.103. The molecule has 0 bridgehead atoms. The van der Waals surface area contributed by atoms with E-state index in [0.717, 1.165) is 32.1 Å². The van der Waals surface area contributed by atoms with E-state index in [0.29, 0.717) is 86.9 Å². The zero-order valence-corrected chi connectivity index (χ0v) is 36.5. The molecule has 2 aliphatic heterocycles. The highest BCUT2D eigenvalue weighted by Crippen LogP contribution is 2.69. The van der Waals surface area contributed by atoms with Crippen molar-refractivity contribution in [3.05, 3.63) is 10.4 Å². The highest BCUT2D eigenvalue weighted by Gasteiger charge is 2.67. The van der Waals surface area contributed by atoms with E-state index in [1.165, 1.54) is 30.6 Å². The first-order valence-electron chi connectivity index (χ1n) is 20.4. The van der Waals surface area contributed by atoms with E-state index < -0.39 is 5.41 Å². The van der Waals surface area contributed by atoms with Crippen LogP contribution in [0.1, 0.15) is 78.6 Å². The second-order valence-electron chi connectivity index (χ2n) is 17.1. The molecule has 13 nitrogen and oxygen atoms in total. The van der Waals surface area contributed by atoms with E-state index in [1.54, 1.807) is 0 Å². The van der Waals surface area contributed by atoms with Crippen LogP contribution < -0.4 is 0 Å². The second kappa shape index (κ2) is 19.5. The van der Waals surface area contributed by atoms with Crippen molar-refractivity contribution < 1.29 is 38.1 Å². The highest BCUT2D eigenvalue weighted by atomic mass is 32.2. The number of fused-ring (bicyclic) bond motifs is 5. The number of hydrogen-bond donors (Lipinski definition) is 0. The van der Waals surface area contributed by atoms with Gasteiger partial charge < -0.3 is 33.5 Å². The molecule has 0 spiro atoms. The molecule has 2 heterocycles.